The summed E-state index contributed by atoms with van der Waals surface area (Å²) >= 11 is 0. The largest absolute Gasteiger partial charge is 0.481 e. The Morgan fingerprint density at radius 2 is 1.63 bits per heavy atom. The first kappa shape index (κ1) is 23.4. The Labute approximate surface area is 205 Å². The first-order valence-electron chi connectivity index (χ1n) is 12.5. The first-order chi connectivity index (χ1) is 16.8. The fourth-order valence-electron chi connectivity index (χ4n) is 6.23. The number of carboxylic acids is 1. The molecule has 0 unspecified atom stereocenters. The number of carboxylic acid groups (broad SMARTS) is 1. The van der Waals surface area contributed by atoms with Crippen LogP contribution in [0.25, 0.3) is 11.1 Å². The van der Waals surface area contributed by atoms with E-state index in [1.54, 1.807) is 0 Å². The monoisotopic (exact) mass is 476 g/mol. The third-order valence-electron chi connectivity index (χ3n) is 8.14. The smallest absolute Gasteiger partial charge is 0.408 e. The summed E-state index contributed by atoms with van der Waals surface area (Å²) in [5.41, 5.74) is 3.64. The van der Waals surface area contributed by atoms with E-state index in [-0.39, 0.29) is 30.3 Å². The van der Waals surface area contributed by atoms with Gasteiger partial charge in [0.25, 0.3) is 0 Å². The summed E-state index contributed by atoms with van der Waals surface area (Å²) in [6, 6.07) is 15.8. The van der Waals surface area contributed by atoms with E-state index in [1.807, 2.05) is 31.2 Å². The normalized spacial score (nSPS) is 19.5. The molecular formula is C28H32N2O5. The molecule has 3 aliphatic rings. The van der Waals surface area contributed by atoms with Crippen LogP contribution in [-0.2, 0) is 14.3 Å². The molecule has 2 aromatic carbocycles. The van der Waals surface area contributed by atoms with Gasteiger partial charge in [-0.1, -0.05) is 61.9 Å². The molecule has 3 aliphatic carbocycles. The Kier molecular flexibility index (Phi) is 6.03. The number of aliphatic carboxylic acids is 1. The number of ether oxygens (including phenoxy) is 1. The maximum Gasteiger partial charge on any atom is 0.408 e. The summed E-state index contributed by atoms with van der Waals surface area (Å²) in [4.78, 5) is 37.4. The lowest BCUT2D eigenvalue weighted by Crippen LogP contribution is -2.71. The van der Waals surface area contributed by atoms with Crippen LogP contribution in [0.3, 0.4) is 0 Å². The van der Waals surface area contributed by atoms with Crippen molar-refractivity contribution in [2.45, 2.75) is 69.4 Å². The molecule has 2 aromatic rings. The molecule has 0 radical (unpaired) electrons. The van der Waals surface area contributed by atoms with Crippen LogP contribution in [0.1, 0.15) is 68.9 Å². The van der Waals surface area contributed by atoms with Gasteiger partial charge in [-0.15, -0.1) is 0 Å². The van der Waals surface area contributed by atoms with Crippen molar-refractivity contribution >= 4 is 18.0 Å². The highest BCUT2D eigenvalue weighted by Crippen LogP contribution is 2.60. The Bertz CT molecular complexity index is 1100. The lowest BCUT2D eigenvalue weighted by atomic mass is 9.48. The van der Waals surface area contributed by atoms with E-state index < -0.39 is 23.6 Å². The lowest BCUT2D eigenvalue weighted by molar-refractivity contribution is -0.145. The highest BCUT2D eigenvalue weighted by atomic mass is 16.5. The number of carbonyl (C=O) groups is 3. The van der Waals surface area contributed by atoms with Crippen LogP contribution in [0, 0.1) is 5.41 Å². The molecule has 1 atom stereocenters. The van der Waals surface area contributed by atoms with Crippen LogP contribution in [0.5, 0.6) is 0 Å². The number of hydrogen-bond acceptors (Lipinski definition) is 4. The van der Waals surface area contributed by atoms with E-state index in [9.17, 15) is 14.4 Å². The molecule has 2 saturated carbocycles. The van der Waals surface area contributed by atoms with Gasteiger partial charge in [-0.05, 0) is 59.8 Å². The summed E-state index contributed by atoms with van der Waals surface area (Å²) < 4.78 is 5.71. The van der Waals surface area contributed by atoms with Gasteiger partial charge in [0.05, 0.1) is 6.42 Å². The summed E-state index contributed by atoms with van der Waals surface area (Å²) in [6.07, 6.45) is 4.14. The number of amides is 2. The first-order valence-corrected chi connectivity index (χ1v) is 12.5. The number of nitrogens with one attached hydrogen (secondary N) is 2. The molecular weight excluding hydrogens is 444 g/mol. The zero-order valence-corrected chi connectivity index (χ0v) is 20.0. The van der Waals surface area contributed by atoms with Crippen LogP contribution < -0.4 is 10.6 Å². The summed E-state index contributed by atoms with van der Waals surface area (Å²) in [5.74, 6) is -1.33. The molecule has 1 spiro atoms. The van der Waals surface area contributed by atoms with Crippen LogP contribution >= 0.6 is 0 Å². The second kappa shape index (κ2) is 9.02. The third kappa shape index (κ3) is 4.28. The van der Waals surface area contributed by atoms with Crippen molar-refractivity contribution in [1.82, 2.24) is 10.6 Å². The number of hydrogen-bond donors (Lipinski definition) is 3. The molecule has 3 N–H and O–H groups in total. The van der Waals surface area contributed by atoms with E-state index in [0.29, 0.717) is 19.3 Å². The minimum Gasteiger partial charge on any atom is -0.481 e. The molecule has 184 valence electrons. The molecule has 7 nitrogen and oxygen atoms in total. The molecule has 0 heterocycles. The molecule has 5 rings (SSSR count). The topological polar surface area (TPSA) is 105 Å². The van der Waals surface area contributed by atoms with Gasteiger partial charge in [0.2, 0.25) is 5.91 Å². The zero-order chi connectivity index (χ0) is 24.6. The highest BCUT2D eigenvalue weighted by Gasteiger charge is 2.61. The van der Waals surface area contributed by atoms with Gasteiger partial charge in [-0.2, -0.15) is 0 Å². The van der Waals surface area contributed by atoms with Gasteiger partial charge >= 0.3 is 12.1 Å². The number of carbonyl (C=O) groups excluding carboxylic acids is 2. The van der Waals surface area contributed by atoms with Gasteiger partial charge in [0.15, 0.2) is 0 Å². The van der Waals surface area contributed by atoms with Crippen molar-refractivity contribution in [2.24, 2.45) is 5.41 Å². The summed E-state index contributed by atoms with van der Waals surface area (Å²) in [7, 11) is 0. The van der Waals surface area contributed by atoms with Gasteiger partial charge in [0.1, 0.15) is 12.1 Å². The summed E-state index contributed by atoms with van der Waals surface area (Å²) in [6.45, 7) is 2.02. The molecule has 35 heavy (non-hydrogen) atoms. The molecule has 0 aliphatic heterocycles. The van der Waals surface area contributed by atoms with E-state index in [0.717, 1.165) is 41.5 Å². The van der Waals surface area contributed by atoms with E-state index in [4.69, 9.17) is 9.84 Å². The SMILES string of the molecule is CC[C@@H](CC(=O)O)NC(=O)C1(NC(=O)OCC2c3ccccc3-c3ccccc32)CC2(CCC2)C1. The number of rotatable bonds is 8. The van der Waals surface area contributed by atoms with Crippen molar-refractivity contribution in [3.63, 3.8) is 0 Å². The maximum atomic E-state index is 13.3. The molecule has 2 amide bonds. The van der Waals surface area contributed by atoms with Gasteiger partial charge < -0.3 is 20.5 Å². The van der Waals surface area contributed by atoms with Crippen LogP contribution in [0.4, 0.5) is 4.79 Å². The van der Waals surface area contributed by atoms with Crippen molar-refractivity contribution < 1.29 is 24.2 Å². The highest BCUT2D eigenvalue weighted by molar-refractivity contribution is 5.92. The van der Waals surface area contributed by atoms with Crippen molar-refractivity contribution in [3.8, 4) is 11.1 Å². The number of fused-ring (bicyclic) bond motifs is 3. The Morgan fingerprint density at radius 1 is 1.03 bits per heavy atom. The van der Waals surface area contributed by atoms with E-state index in [1.165, 1.54) is 0 Å². The Hall–Kier alpha value is -3.35. The van der Waals surface area contributed by atoms with Crippen molar-refractivity contribution in [1.29, 1.82) is 0 Å². The fourth-order valence-corrected chi connectivity index (χ4v) is 6.23. The molecule has 0 aromatic heterocycles. The van der Waals surface area contributed by atoms with Gasteiger partial charge in [-0.3, -0.25) is 9.59 Å². The third-order valence-corrected chi connectivity index (χ3v) is 8.14. The van der Waals surface area contributed by atoms with Crippen LogP contribution in [-0.4, -0.2) is 41.3 Å². The second-order valence-corrected chi connectivity index (χ2v) is 10.4. The van der Waals surface area contributed by atoms with Crippen LogP contribution in [0.15, 0.2) is 48.5 Å². The molecule has 0 bridgehead atoms. The second-order valence-electron chi connectivity index (χ2n) is 10.4. The molecule has 0 saturated heterocycles. The minimum atomic E-state index is -1.05. The standard InChI is InChI=1S/C28H32N2O5/c1-2-18(14-24(31)32)29-25(33)28(16-27(17-28)12-7-13-27)30-26(34)35-15-23-21-10-5-3-8-19(21)20-9-4-6-11-22(20)23/h3-6,8-11,18,23H,2,7,12-17H2,1H3,(H,29,33)(H,30,34)(H,31,32)/t18-/m0/s1. The summed E-state index contributed by atoms with van der Waals surface area (Å²) in [5, 5.41) is 14.9. The molecule has 2 fully saturated rings. The van der Waals surface area contributed by atoms with E-state index in [2.05, 4.69) is 34.9 Å². The zero-order valence-electron chi connectivity index (χ0n) is 20.0. The average Bonchev–Trinajstić information content (AvgIpc) is 3.11. The maximum absolute atomic E-state index is 13.3. The van der Waals surface area contributed by atoms with E-state index >= 15 is 0 Å². The average molecular weight is 477 g/mol. The quantitative estimate of drug-likeness (QED) is 0.517. The lowest BCUT2D eigenvalue weighted by Gasteiger charge is -2.59. The van der Waals surface area contributed by atoms with Gasteiger partial charge in [0, 0.05) is 12.0 Å². The Balaban J connectivity index is 1.27. The van der Waals surface area contributed by atoms with Crippen LogP contribution in [0.2, 0.25) is 0 Å². The van der Waals surface area contributed by atoms with Crippen molar-refractivity contribution in [3.05, 3.63) is 59.7 Å². The predicted molar refractivity (Wildman–Crippen MR) is 131 cm³/mol. The predicted octanol–water partition coefficient (Wildman–Crippen LogP) is 4.60. The molecule has 7 heteroatoms. The Morgan fingerprint density at radius 3 is 2.14 bits per heavy atom. The minimum absolute atomic E-state index is 0.0580. The number of alkyl carbamates (subject to hydrolysis) is 1. The fraction of sp³-hybridized carbons (Fsp3) is 0.464. The number of benzene rings is 2. The van der Waals surface area contributed by atoms with Gasteiger partial charge in [-0.25, -0.2) is 4.79 Å². The van der Waals surface area contributed by atoms with Crippen molar-refractivity contribution in [2.75, 3.05) is 6.61 Å².